The number of benzene rings is 1. The predicted molar refractivity (Wildman–Crippen MR) is 83.3 cm³/mol. The van der Waals surface area contributed by atoms with Gasteiger partial charge in [-0.3, -0.25) is 0 Å². The molecule has 1 unspecified atom stereocenters. The maximum Gasteiger partial charge on any atom is 0.142 e. The van der Waals surface area contributed by atoms with Gasteiger partial charge in [0.25, 0.3) is 0 Å². The van der Waals surface area contributed by atoms with Gasteiger partial charge in [-0.15, -0.1) is 0 Å². The Hall–Kier alpha value is -1.22. The Kier molecular flexibility index (Phi) is 4.16. The van der Waals surface area contributed by atoms with Gasteiger partial charge in [-0.25, -0.2) is 0 Å². The molecule has 1 saturated heterocycles. The number of nitrogens with zero attached hydrogens (tertiary/aromatic N) is 1. The number of nitrogens with two attached hydrogens (primary N) is 1. The molecule has 0 aromatic heterocycles. The van der Waals surface area contributed by atoms with Gasteiger partial charge in [-0.2, -0.15) is 0 Å². The molecule has 0 amide bonds. The summed E-state index contributed by atoms with van der Waals surface area (Å²) in [6, 6.07) is 4.86. The highest BCUT2D eigenvalue weighted by Gasteiger charge is 2.20. The lowest BCUT2D eigenvalue weighted by molar-refractivity contribution is 0.125. The lowest BCUT2D eigenvalue weighted by atomic mass is 9.91. The van der Waals surface area contributed by atoms with Gasteiger partial charge in [-0.1, -0.05) is 6.42 Å². The number of ether oxygens (including phenoxy) is 1. The van der Waals surface area contributed by atoms with E-state index < -0.39 is 0 Å². The van der Waals surface area contributed by atoms with Gasteiger partial charge in [0.15, 0.2) is 0 Å². The molecule has 3 nitrogen and oxygen atoms in total. The molecule has 1 aromatic carbocycles. The zero-order valence-electron chi connectivity index (χ0n) is 12.5. The number of piperidine rings is 1. The summed E-state index contributed by atoms with van der Waals surface area (Å²) in [5.41, 5.74) is 9.83. The van der Waals surface area contributed by atoms with Gasteiger partial charge < -0.3 is 15.4 Å². The Balaban J connectivity index is 1.67. The van der Waals surface area contributed by atoms with E-state index in [4.69, 9.17) is 10.5 Å². The Labute approximate surface area is 122 Å². The first-order valence-corrected chi connectivity index (χ1v) is 7.98. The molecule has 1 atom stereocenters. The average Bonchev–Trinajstić information content (AvgIpc) is 2.46. The van der Waals surface area contributed by atoms with E-state index in [1.165, 1.54) is 62.6 Å². The normalized spacial score (nSPS) is 23.4. The van der Waals surface area contributed by atoms with Gasteiger partial charge in [0.1, 0.15) is 12.4 Å². The molecule has 1 heterocycles. The second-order valence-electron chi connectivity index (χ2n) is 6.31. The second-order valence-corrected chi connectivity index (χ2v) is 6.31. The van der Waals surface area contributed by atoms with E-state index in [9.17, 15) is 0 Å². The average molecular weight is 274 g/mol. The molecule has 0 radical (unpaired) electrons. The minimum absolute atomic E-state index is 0.541. The van der Waals surface area contributed by atoms with Crippen molar-refractivity contribution in [1.29, 1.82) is 0 Å². The van der Waals surface area contributed by atoms with Gasteiger partial charge in [0.2, 0.25) is 0 Å². The number of nitrogen functional groups attached to an aromatic ring is 1. The summed E-state index contributed by atoms with van der Waals surface area (Å²) in [6.45, 7) is 1.95. The zero-order chi connectivity index (χ0) is 13.9. The van der Waals surface area contributed by atoms with Crippen LogP contribution >= 0.6 is 0 Å². The van der Waals surface area contributed by atoms with E-state index in [-0.39, 0.29) is 0 Å². The standard InChI is InChI=1S/C17H26N2O/c1-19-9-5-4-8-15(19)12-20-17-11-14-7-3-2-6-13(14)10-16(17)18/h10-11,15H,2-9,12,18H2,1H3. The molecule has 1 aliphatic carbocycles. The van der Waals surface area contributed by atoms with Crippen LogP contribution < -0.4 is 10.5 Å². The summed E-state index contributed by atoms with van der Waals surface area (Å²) in [5, 5.41) is 0. The van der Waals surface area contributed by atoms with Crippen molar-refractivity contribution < 1.29 is 4.74 Å². The van der Waals surface area contributed by atoms with Crippen molar-refractivity contribution in [2.75, 3.05) is 25.9 Å². The molecule has 2 N–H and O–H groups in total. The number of likely N-dealkylation sites (tertiary alicyclic amines) is 1. The smallest absolute Gasteiger partial charge is 0.142 e. The first kappa shape index (κ1) is 13.7. The van der Waals surface area contributed by atoms with Crippen molar-refractivity contribution >= 4 is 5.69 Å². The number of fused-ring (bicyclic) bond motifs is 1. The van der Waals surface area contributed by atoms with Gasteiger partial charge in [0, 0.05) is 6.04 Å². The maximum absolute atomic E-state index is 6.16. The lowest BCUT2D eigenvalue weighted by Crippen LogP contribution is -2.40. The molecular formula is C17H26N2O. The van der Waals surface area contributed by atoms with E-state index >= 15 is 0 Å². The third-order valence-electron chi connectivity index (χ3n) is 4.83. The van der Waals surface area contributed by atoms with Crippen LogP contribution in [0.3, 0.4) is 0 Å². The Morgan fingerprint density at radius 1 is 1.15 bits per heavy atom. The third-order valence-corrected chi connectivity index (χ3v) is 4.83. The highest BCUT2D eigenvalue weighted by molar-refractivity contribution is 5.57. The highest BCUT2D eigenvalue weighted by Crippen LogP contribution is 2.31. The van der Waals surface area contributed by atoms with Crippen LogP contribution in [0.2, 0.25) is 0 Å². The molecule has 1 aromatic rings. The van der Waals surface area contributed by atoms with Gasteiger partial charge in [-0.05, 0) is 75.4 Å². The van der Waals surface area contributed by atoms with E-state index in [0.717, 1.165) is 18.0 Å². The van der Waals surface area contributed by atoms with Crippen molar-refractivity contribution in [2.45, 2.75) is 51.0 Å². The van der Waals surface area contributed by atoms with Crippen LogP contribution in [0.15, 0.2) is 12.1 Å². The fraction of sp³-hybridized carbons (Fsp3) is 0.647. The molecule has 20 heavy (non-hydrogen) atoms. The Bertz CT molecular complexity index is 472. The van der Waals surface area contributed by atoms with Crippen molar-refractivity contribution in [1.82, 2.24) is 4.90 Å². The van der Waals surface area contributed by atoms with Crippen molar-refractivity contribution in [3.63, 3.8) is 0 Å². The SMILES string of the molecule is CN1CCCCC1COc1cc2c(cc1N)CCCC2. The maximum atomic E-state index is 6.16. The van der Waals surface area contributed by atoms with Crippen LogP contribution in [0.25, 0.3) is 0 Å². The van der Waals surface area contributed by atoms with E-state index in [1.54, 1.807) is 0 Å². The van der Waals surface area contributed by atoms with Crippen molar-refractivity contribution in [3.8, 4) is 5.75 Å². The molecule has 0 spiro atoms. The number of hydrogen-bond acceptors (Lipinski definition) is 3. The largest absolute Gasteiger partial charge is 0.490 e. The first-order chi connectivity index (χ1) is 9.74. The topological polar surface area (TPSA) is 38.5 Å². The number of rotatable bonds is 3. The molecule has 1 aliphatic heterocycles. The van der Waals surface area contributed by atoms with E-state index in [0.29, 0.717) is 6.04 Å². The molecule has 3 heteroatoms. The lowest BCUT2D eigenvalue weighted by Gasteiger charge is -2.32. The predicted octanol–water partition coefficient (Wildman–Crippen LogP) is 3.01. The van der Waals surface area contributed by atoms with Crippen LogP contribution in [0.1, 0.15) is 43.2 Å². The van der Waals surface area contributed by atoms with Crippen LogP contribution in [-0.4, -0.2) is 31.1 Å². The monoisotopic (exact) mass is 274 g/mol. The Morgan fingerprint density at radius 2 is 1.90 bits per heavy atom. The summed E-state index contributed by atoms with van der Waals surface area (Å²) in [6.07, 6.45) is 8.80. The number of anilines is 1. The van der Waals surface area contributed by atoms with Gasteiger partial charge >= 0.3 is 0 Å². The van der Waals surface area contributed by atoms with Crippen LogP contribution in [0.4, 0.5) is 5.69 Å². The van der Waals surface area contributed by atoms with Crippen LogP contribution in [-0.2, 0) is 12.8 Å². The van der Waals surface area contributed by atoms with E-state index in [1.807, 2.05) is 0 Å². The minimum Gasteiger partial charge on any atom is -0.490 e. The Morgan fingerprint density at radius 3 is 2.65 bits per heavy atom. The fourth-order valence-electron chi connectivity index (χ4n) is 3.45. The van der Waals surface area contributed by atoms with Crippen LogP contribution in [0, 0.1) is 0 Å². The third kappa shape index (κ3) is 2.93. The summed E-state index contributed by atoms with van der Waals surface area (Å²) in [7, 11) is 2.20. The highest BCUT2D eigenvalue weighted by atomic mass is 16.5. The summed E-state index contributed by atoms with van der Waals surface area (Å²) in [5.74, 6) is 0.893. The van der Waals surface area contributed by atoms with Gasteiger partial charge in [0.05, 0.1) is 5.69 Å². The molecule has 0 saturated carbocycles. The van der Waals surface area contributed by atoms with Crippen molar-refractivity contribution in [3.05, 3.63) is 23.3 Å². The first-order valence-electron chi connectivity index (χ1n) is 7.98. The summed E-state index contributed by atoms with van der Waals surface area (Å²) >= 11 is 0. The fourth-order valence-corrected chi connectivity index (χ4v) is 3.45. The van der Waals surface area contributed by atoms with E-state index in [2.05, 4.69) is 24.1 Å². The number of likely N-dealkylation sites (N-methyl/N-ethyl adjacent to an activating group) is 1. The quantitative estimate of drug-likeness (QED) is 0.861. The molecule has 0 bridgehead atoms. The molecule has 110 valence electrons. The summed E-state index contributed by atoms with van der Waals surface area (Å²) in [4.78, 5) is 2.41. The molecule has 1 fully saturated rings. The molecular weight excluding hydrogens is 248 g/mol. The minimum atomic E-state index is 0.541. The number of hydrogen-bond donors (Lipinski definition) is 1. The zero-order valence-corrected chi connectivity index (χ0v) is 12.5. The van der Waals surface area contributed by atoms with Crippen LogP contribution in [0.5, 0.6) is 5.75 Å². The summed E-state index contributed by atoms with van der Waals surface area (Å²) < 4.78 is 6.05. The second kappa shape index (κ2) is 6.04. The molecule has 2 aliphatic rings. The van der Waals surface area contributed by atoms with Crippen molar-refractivity contribution in [2.24, 2.45) is 0 Å². The number of aryl methyl sites for hydroxylation is 2. The molecule has 3 rings (SSSR count).